The molecule has 6 N–H and O–H groups in total. The second-order valence-corrected chi connectivity index (χ2v) is 22.9. The van der Waals surface area contributed by atoms with Crippen molar-refractivity contribution in [3.8, 4) is 21.6 Å². The van der Waals surface area contributed by atoms with Crippen LogP contribution in [0, 0.1) is 25.2 Å². The monoisotopic (exact) mass is 1000 g/mol. The first-order chi connectivity index (χ1) is 33.9. The number of unbranched alkanes of at least 4 members (excludes halogenated alkanes) is 2. The van der Waals surface area contributed by atoms with Crippen molar-refractivity contribution in [1.82, 2.24) is 24.8 Å². The number of benzene rings is 4. The number of aliphatic hydroxyl groups excluding tert-OH is 2. The zero-order valence-electron chi connectivity index (χ0n) is 41.0. The molecule has 15 nitrogen and oxygen atoms in total. The molecule has 3 aliphatic heterocycles. The van der Waals surface area contributed by atoms with Gasteiger partial charge >= 0.3 is 0 Å². The van der Waals surface area contributed by atoms with Crippen LogP contribution in [0.3, 0.4) is 0 Å². The number of nitrogens with one attached hydrogen (secondary N) is 4. The van der Waals surface area contributed by atoms with E-state index >= 15 is 0 Å². The maximum atomic E-state index is 14.1. The number of fused-ring (bicyclic) bond motifs is 3. The van der Waals surface area contributed by atoms with E-state index in [0.29, 0.717) is 37.9 Å². The molecule has 0 aliphatic carbocycles. The predicted octanol–water partition coefficient (Wildman–Crippen LogP) is 7.33. The van der Waals surface area contributed by atoms with Gasteiger partial charge in [0.15, 0.2) is 0 Å². The molecule has 0 radical (unpaired) electrons. The Hall–Kier alpha value is -5.98. The van der Waals surface area contributed by atoms with Crippen LogP contribution in [-0.2, 0) is 35.7 Å². The number of thiazole rings is 1. The van der Waals surface area contributed by atoms with E-state index in [1.54, 1.807) is 39.9 Å². The van der Waals surface area contributed by atoms with Gasteiger partial charge in [0.25, 0.3) is 0 Å². The summed E-state index contributed by atoms with van der Waals surface area (Å²) in [6, 6.07) is 25.5. The molecule has 17 heteroatoms. The molecular weight excluding hydrogens is 939 g/mol. The van der Waals surface area contributed by atoms with Crippen molar-refractivity contribution in [2.75, 3.05) is 30.3 Å². The predicted molar refractivity (Wildman–Crippen MR) is 276 cm³/mol. The minimum atomic E-state index is -3.83. The molecule has 4 amide bonds. The number of amides is 4. The van der Waals surface area contributed by atoms with Crippen molar-refractivity contribution in [2.45, 2.75) is 121 Å². The molecule has 2 fully saturated rings. The molecule has 5 aromatic rings. The summed E-state index contributed by atoms with van der Waals surface area (Å²) in [6.07, 6.45) is 1.83. The number of nitrogens with zero attached hydrogens (tertiary/aromatic N) is 3. The van der Waals surface area contributed by atoms with Gasteiger partial charge in [0, 0.05) is 56.2 Å². The third kappa shape index (κ3) is 11.7. The van der Waals surface area contributed by atoms with Crippen LogP contribution in [0.15, 0.2) is 101 Å². The minimum absolute atomic E-state index is 0.0177. The van der Waals surface area contributed by atoms with Crippen LogP contribution in [0.25, 0.3) is 21.6 Å². The number of rotatable bonds is 17. The summed E-state index contributed by atoms with van der Waals surface area (Å²) in [7, 11) is -3.83. The average molecular weight is 1000 g/mol. The molecule has 0 saturated carbocycles. The lowest BCUT2D eigenvalue weighted by molar-refractivity contribution is -0.144. The Morgan fingerprint density at radius 3 is 2.28 bits per heavy atom. The lowest BCUT2D eigenvalue weighted by Crippen LogP contribution is -2.57. The lowest BCUT2D eigenvalue weighted by Gasteiger charge is -2.39. The summed E-state index contributed by atoms with van der Waals surface area (Å²) in [5.41, 5.74) is 8.90. The Kier molecular flexibility index (Phi) is 15.8. The smallest absolute Gasteiger partial charge is 0.246 e. The van der Waals surface area contributed by atoms with Gasteiger partial charge in [-0.05, 0) is 103 Å². The van der Waals surface area contributed by atoms with Crippen molar-refractivity contribution in [3.05, 3.63) is 119 Å². The molecule has 3 aliphatic rings. The normalized spacial score (nSPS) is 20.4. The quantitative estimate of drug-likeness (QED) is 0.0511. The highest BCUT2D eigenvalue weighted by Gasteiger charge is 2.49. The summed E-state index contributed by atoms with van der Waals surface area (Å²) < 4.78 is 29.7. The van der Waals surface area contributed by atoms with Crippen LogP contribution in [0.2, 0.25) is 0 Å². The number of β-amino-alcohol motifs (C(OH)–C–C–N with tert-alkyl or cyclic N) is 1. The number of hydrogen-bond acceptors (Lipinski definition) is 11. The average Bonchev–Trinajstić information content (AvgIpc) is 4.11. The number of aryl methyl sites for hydroxylation is 2. The summed E-state index contributed by atoms with van der Waals surface area (Å²) in [5, 5.41) is 33.2. The topological polar surface area (TPSA) is 210 Å². The molecular formula is C54H65N7O8S2. The van der Waals surface area contributed by atoms with E-state index in [2.05, 4.69) is 26.3 Å². The van der Waals surface area contributed by atoms with Crippen molar-refractivity contribution in [1.29, 1.82) is 0 Å². The van der Waals surface area contributed by atoms with E-state index in [1.807, 2.05) is 107 Å². The van der Waals surface area contributed by atoms with Gasteiger partial charge < -0.3 is 36.4 Å². The molecule has 71 heavy (non-hydrogen) atoms. The Morgan fingerprint density at radius 2 is 1.59 bits per heavy atom. The second-order valence-electron chi connectivity index (χ2n) is 20.2. The molecule has 0 bridgehead atoms. The molecule has 8 rings (SSSR count). The molecule has 4 heterocycles. The number of carbonyl (C=O) groups excluding carboxylic acids is 4. The first-order valence-corrected chi connectivity index (χ1v) is 26.8. The first-order valence-electron chi connectivity index (χ1n) is 24.5. The van der Waals surface area contributed by atoms with E-state index in [-0.39, 0.29) is 73.5 Å². The Bertz CT molecular complexity index is 2850. The highest BCUT2D eigenvalue weighted by molar-refractivity contribution is 7.89. The standard InChI is InChI=1S/C54H65N7O8S2/c1-33-14-21-41(22-15-33)71(68,69)61-25-24-42-45(31-62)58-44-23-20-38(27-43(44)49(42)61)37-10-9-11-39(26-37)57-47(64)12-7-6-8-13-48(65)59-51(54(3,4)5)53(67)60-30-40(63)28-46(60)52(66)55-29-35-16-18-36(19-17-35)50-34(2)56-32-70-50/h9-11,14-23,26-27,32,40,42,45-46,49,51,58,62-63H,6-8,12-13,24-25,28-31H2,1-5H3,(H,55,66)(H,57,64)(H,59,65)/t40-,42-,45+,46+,49-,51-/m1/s1. The van der Waals surface area contributed by atoms with Crippen LogP contribution in [-0.4, -0.2) is 100 Å². The van der Waals surface area contributed by atoms with Crippen LogP contribution in [0.4, 0.5) is 11.4 Å². The second kappa shape index (κ2) is 21.8. The van der Waals surface area contributed by atoms with Gasteiger partial charge in [0.1, 0.15) is 12.1 Å². The Labute approximate surface area is 420 Å². The highest BCUT2D eigenvalue weighted by atomic mass is 32.2. The fourth-order valence-electron chi connectivity index (χ4n) is 10.1. The van der Waals surface area contributed by atoms with E-state index in [1.165, 1.54) is 4.90 Å². The molecule has 4 aromatic carbocycles. The highest BCUT2D eigenvalue weighted by Crippen LogP contribution is 2.49. The fourth-order valence-corrected chi connectivity index (χ4v) is 12.6. The van der Waals surface area contributed by atoms with Gasteiger partial charge in [-0.15, -0.1) is 11.3 Å². The van der Waals surface area contributed by atoms with Crippen molar-refractivity contribution < 1.29 is 37.8 Å². The molecule has 0 unspecified atom stereocenters. The molecule has 6 atom stereocenters. The van der Waals surface area contributed by atoms with E-state index in [0.717, 1.165) is 49.6 Å². The first kappa shape index (κ1) is 51.4. The Morgan fingerprint density at radius 1 is 0.887 bits per heavy atom. The number of aromatic nitrogens is 1. The van der Waals surface area contributed by atoms with E-state index in [9.17, 15) is 37.8 Å². The zero-order chi connectivity index (χ0) is 50.6. The zero-order valence-corrected chi connectivity index (χ0v) is 42.6. The maximum absolute atomic E-state index is 14.1. The van der Waals surface area contributed by atoms with Crippen molar-refractivity contribution >= 4 is 56.4 Å². The summed E-state index contributed by atoms with van der Waals surface area (Å²) >= 11 is 1.57. The van der Waals surface area contributed by atoms with Crippen LogP contribution in [0.5, 0.6) is 0 Å². The van der Waals surface area contributed by atoms with Gasteiger partial charge in [0.05, 0.1) is 45.8 Å². The third-order valence-corrected chi connectivity index (χ3v) is 16.8. The SMILES string of the molecule is Cc1ccc(S(=O)(=O)N2CC[C@@H]3[C@H](CO)Nc4ccc(-c5cccc(NC(=O)CCCCCC(=O)N[C@H](C(=O)N6C[C@H](O)C[C@H]6C(=O)NCc6ccc(-c7scnc7C)cc6)C(C)(C)C)c5)cc4[C@@H]32)cc1. The third-order valence-electron chi connectivity index (χ3n) is 13.9. The van der Waals surface area contributed by atoms with E-state index in [4.69, 9.17) is 0 Å². The molecule has 0 spiro atoms. The van der Waals surface area contributed by atoms with Crippen LogP contribution < -0.4 is 21.3 Å². The van der Waals surface area contributed by atoms with Gasteiger partial charge in [0.2, 0.25) is 33.7 Å². The van der Waals surface area contributed by atoms with Gasteiger partial charge in [-0.3, -0.25) is 19.2 Å². The number of likely N-dealkylation sites (tertiary alicyclic amines) is 1. The van der Waals surface area contributed by atoms with Gasteiger partial charge in [-0.2, -0.15) is 4.31 Å². The summed E-state index contributed by atoms with van der Waals surface area (Å²) in [5.74, 6) is -1.41. The largest absolute Gasteiger partial charge is 0.394 e. The maximum Gasteiger partial charge on any atom is 0.246 e. The molecule has 1 aromatic heterocycles. The van der Waals surface area contributed by atoms with Crippen molar-refractivity contribution in [3.63, 3.8) is 0 Å². The van der Waals surface area contributed by atoms with E-state index < -0.39 is 45.6 Å². The van der Waals surface area contributed by atoms with Crippen molar-refractivity contribution in [2.24, 2.45) is 11.3 Å². The number of carbonyl (C=O) groups is 4. The van der Waals surface area contributed by atoms with Crippen LogP contribution in [0.1, 0.15) is 94.1 Å². The number of hydrogen-bond donors (Lipinski definition) is 6. The molecule has 376 valence electrons. The minimum Gasteiger partial charge on any atom is -0.394 e. The summed E-state index contributed by atoms with van der Waals surface area (Å²) in [6.45, 7) is 9.87. The van der Waals surface area contributed by atoms with Gasteiger partial charge in [-0.1, -0.05) is 87.4 Å². The van der Waals surface area contributed by atoms with Crippen LogP contribution >= 0.6 is 11.3 Å². The fraction of sp³-hybridized carbons (Fsp3) is 0.426. The number of anilines is 2. The molecule has 2 saturated heterocycles. The lowest BCUT2D eigenvalue weighted by atomic mass is 9.82. The summed E-state index contributed by atoms with van der Waals surface area (Å²) in [4.78, 5) is 61.1. The Balaban J connectivity index is 0.818. The number of sulfonamides is 1. The number of aliphatic hydroxyl groups is 2. The van der Waals surface area contributed by atoms with Gasteiger partial charge in [-0.25, -0.2) is 13.4 Å².